The van der Waals surface area contributed by atoms with Crippen molar-refractivity contribution in [1.29, 1.82) is 0 Å². The SMILES string of the molecule is CC(N[C@H](C)c1ccccc1)c1nc2ccccc2s1. The molecule has 3 aromatic rings. The molecule has 0 saturated heterocycles. The zero-order valence-electron chi connectivity index (χ0n) is 11.7. The first-order valence-corrected chi connectivity index (χ1v) is 7.72. The van der Waals surface area contributed by atoms with Crippen LogP contribution >= 0.6 is 11.3 Å². The van der Waals surface area contributed by atoms with Crippen molar-refractivity contribution in [2.75, 3.05) is 0 Å². The molecule has 1 unspecified atom stereocenters. The van der Waals surface area contributed by atoms with Crippen LogP contribution in [0.1, 0.15) is 36.5 Å². The number of rotatable bonds is 4. The van der Waals surface area contributed by atoms with Crippen molar-refractivity contribution < 1.29 is 0 Å². The molecule has 3 rings (SSSR count). The van der Waals surface area contributed by atoms with Crippen LogP contribution in [0.25, 0.3) is 10.2 Å². The molecule has 1 N–H and O–H groups in total. The summed E-state index contributed by atoms with van der Waals surface area (Å²) in [7, 11) is 0. The summed E-state index contributed by atoms with van der Waals surface area (Å²) in [5.74, 6) is 0. The Bertz CT molecular complexity index is 657. The van der Waals surface area contributed by atoms with E-state index in [9.17, 15) is 0 Å². The summed E-state index contributed by atoms with van der Waals surface area (Å²) in [5, 5.41) is 4.77. The van der Waals surface area contributed by atoms with Gasteiger partial charge in [-0.2, -0.15) is 0 Å². The van der Waals surface area contributed by atoms with Gasteiger partial charge in [-0.05, 0) is 31.5 Å². The third kappa shape index (κ3) is 2.74. The molecule has 3 heteroatoms. The largest absolute Gasteiger partial charge is 0.302 e. The third-order valence-electron chi connectivity index (χ3n) is 3.48. The summed E-state index contributed by atoms with van der Waals surface area (Å²) < 4.78 is 1.25. The number of nitrogens with one attached hydrogen (secondary N) is 1. The highest BCUT2D eigenvalue weighted by atomic mass is 32.1. The third-order valence-corrected chi connectivity index (χ3v) is 4.70. The van der Waals surface area contributed by atoms with Crippen molar-refractivity contribution in [2.24, 2.45) is 0 Å². The Morgan fingerprint density at radius 2 is 1.60 bits per heavy atom. The molecule has 2 nitrogen and oxygen atoms in total. The molecule has 0 bridgehead atoms. The van der Waals surface area contributed by atoms with Crippen molar-refractivity contribution in [2.45, 2.75) is 25.9 Å². The van der Waals surface area contributed by atoms with Crippen LogP contribution in [0.4, 0.5) is 0 Å². The minimum Gasteiger partial charge on any atom is -0.302 e. The van der Waals surface area contributed by atoms with Gasteiger partial charge in [0.1, 0.15) is 5.01 Å². The maximum Gasteiger partial charge on any atom is 0.111 e. The lowest BCUT2D eigenvalue weighted by atomic mass is 10.1. The highest BCUT2D eigenvalue weighted by Crippen LogP contribution is 2.27. The number of thiazole rings is 1. The summed E-state index contributed by atoms with van der Waals surface area (Å²) >= 11 is 1.77. The molecule has 0 spiro atoms. The second-order valence-electron chi connectivity index (χ2n) is 5.04. The molecule has 0 amide bonds. The van der Waals surface area contributed by atoms with E-state index >= 15 is 0 Å². The molecule has 0 aliphatic heterocycles. The van der Waals surface area contributed by atoms with Crippen molar-refractivity contribution in [3.05, 3.63) is 65.2 Å². The minimum absolute atomic E-state index is 0.252. The summed E-state index contributed by atoms with van der Waals surface area (Å²) in [6.07, 6.45) is 0. The van der Waals surface area contributed by atoms with E-state index in [-0.39, 0.29) is 6.04 Å². The molecule has 0 saturated carbocycles. The Morgan fingerprint density at radius 1 is 0.900 bits per heavy atom. The van der Waals surface area contributed by atoms with Gasteiger partial charge < -0.3 is 5.32 Å². The maximum atomic E-state index is 4.72. The zero-order chi connectivity index (χ0) is 13.9. The first kappa shape index (κ1) is 13.3. The molecule has 2 aromatic carbocycles. The van der Waals surface area contributed by atoms with Crippen molar-refractivity contribution in [3.63, 3.8) is 0 Å². The van der Waals surface area contributed by atoms with Crippen LogP contribution < -0.4 is 5.32 Å². The Hall–Kier alpha value is -1.71. The molecule has 1 aromatic heterocycles. The highest BCUT2D eigenvalue weighted by Gasteiger charge is 2.14. The monoisotopic (exact) mass is 282 g/mol. The van der Waals surface area contributed by atoms with Gasteiger partial charge in [-0.1, -0.05) is 42.5 Å². The van der Waals surface area contributed by atoms with E-state index in [0.29, 0.717) is 6.04 Å². The lowest BCUT2D eigenvalue weighted by Gasteiger charge is -2.18. The van der Waals surface area contributed by atoms with Gasteiger partial charge in [0.2, 0.25) is 0 Å². The van der Waals surface area contributed by atoms with Crippen LogP contribution in [0.2, 0.25) is 0 Å². The van der Waals surface area contributed by atoms with E-state index in [4.69, 9.17) is 4.98 Å². The van der Waals surface area contributed by atoms with Gasteiger partial charge >= 0.3 is 0 Å². The highest BCUT2D eigenvalue weighted by molar-refractivity contribution is 7.18. The number of aromatic nitrogens is 1. The molecule has 20 heavy (non-hydrogen) atoms. The quantitative estimate of drug-likeness (QED) is 0.749. The van der Waals surface area contributed by atoms with E-state index in [1.807, 2.05) is 12.1 Å². The average Bonchev–Trinajstić information content (AvgIpc) is 2.92. The Balaban J connectivity index is 1.77. The first-order valence-electron chi connectivity index (χ1n) is 6.90. The van der Waals surface area contributed by atoms with Gasteiger partial charge in [-0.3, -0.25) is 0 Å². The van der Waals surface area contributed by atoms with Crippen LogP contribution in [0, 0.1) is 0 Å². The number of nitrogens with zero attached hydrogens (tertiary/aromatic N) is 1. The average molecular weight is 282 g/mol. The molecular weight excluding hydrogens is 264 g/mol. The number of fused-ring (bicyclic) bond motifs is 1. The molecule has 0 radical (unpaired) electrons. The van der Waals surface area contributed by atoms with Gasteiger partial charge in [0, 0.05) is 6.04 Å². The van der Waals surface area contributed by atoms with Gasteiger partial charge in [0.15, 0.2) is 0 Å². The topological polar surface area (TPSA) is 24.9 Å². The van der Waals surface area contributed by atoms with Crippen molar-refractivity contribution in [1.82, 2.24) is 10.3 Å². The van der Waals surface area contributed by atoms with Crippen molar-refractivity contribution in [3.8, 4) is 0 Å². The number of hydrogen-bond donors (Lipinski definition) is 1. The summed E-state index contributed by atoms with van der Waals surface area (Å²) in [6.45, 7) is 4.37. The normalized spacial score (nSPS) is 14.3. The van der Waals surface area contributed by atoms with Gasteiger partial charge in [-0.25, -0.2) is 4.98 Å². The van der Waals surface area contributed by atoms with Crippen LogP contribution in [0.3, 0.4) is 0 Å². The standard InChI is InChI=1S/C17H18N2S/c1-12(14-8-4-3-5-9-14)18-13(2)17-19-15-10-6-7-11-16(15)20-17/h3-13,18H,1-2H3/t12-,13?/m1/s1. The summed E-state index contributed by atoms with van der Waals surface area (Å²) in [4.78, 5) is 4.72. The van der Waals surface area contributed by atoms with Crippen LogP contribution in [-0.2, 0) is 0 Å². The predicted octanol–water partition coefficient (Wildman–Crippen LogP) is 4.71. The smallest absolute Gasteiger partial charge is 0.111 e. The fraction of sp³-hybridized carbons (Fsp3) is 0.235. The minimum atomic E-state index is 0.252. The second-order valence-corrected chi connectivity index (χ2v) is 6.10. The number of benzene rings is 2. The molecule has 1 heterocycles. The summed E-state index contributed by atoms with van der Waals surface area (Å²) in [5.41, 5.74) is 2.40. The fourth-order valence-corrected chi connectivity index (χ4v) is 3.34. The van der Waals surface area contributed by atoms with Crippen LogP contribution in [-0.4, -0.2) is 4.98 Å². The van der Waals surface area contributed by atoms with Crippen molar-refractivity contribution >= 4 is 21.6 Å². The molecular formula is C17H18N2S. The number of hydrogen-bond acceptors (Lipinski definition) is 3. The second kappa shape index (κ2) is 5.73. The number of para-hydroxylation sites is 1. The summed E-state index contributed by atoms with van der Waals surface area (Å²) in [6, 6.07) is 19.4. The lowest BCUT2D eigenvalue weighted by Crippen LogP contribution is -2.22. The van der Waals surface area contributed by atoms with Gasteiger partial charge in [0.05, 0.1) is 16.3 Å². The van der Waals surface area contributed by atoms with E-state index in [1.54, 1.807) is 11.3 Å². The zero-order valence-corrected chi connectivity index (χ0v) is 12.5. The van der Waals surface area contributed by atoms with Crippen LogP contribution in [0.15, 0.2) is 54.6 Å². The van der Waals surface area contributed by atoms with E-state index in [2.05, 4.69) is 61.6 Å². The fourth-order valence-electron chi connectivity index (χ4n) is 2.36. The predicted molar refractivity (Wildman–Crippen MR) is 86.0 cm³/mol. The maximum absolute atomic E-state index is 4.72. The Labute approximate surface area is 123 Å². The van der Waals surface area contributed by atoms with Gasteiger partial charge in [0.25, 0.3) is 0 Å². The Morgan fingerprint density at radius 3 is 2.35 bits per heavy atom. The molecule has 0 aliphatic carbocycles. The van der Waals surface area contributed by atoms with E-state index < -0.39 is 0 Å². The lowest BCUT2D eigenvalue weighted by molar-refractivity contribution is 0.493. The Kier molecular flexibility index (Phi) is 3.81. The molecule has 0 fully saturated rings. The van der Waals surface area contributed by atoms with Gasteiger partial charge in [-0.15, -0.1) is 11.3 Å². The molecule has 102 valence electrons. The van der Waals surface area contributed by atoms with E-state index in [0.717, 1.165) is 10.5 Å². The first-order chi connectivity index (χ1) is 9.74. The molecule has 0 aliphatic rings. The van der Waals surface area contributed by atoms with Crippen LogP contribution in [0.5, 0.6) is 0 Å². The van der Waals surface area contributed by atoms with E-state index in [1.165, 1.54) is 10.3 Å². The molecule has 2 atom stereocenters.